The summed E-state index contributed by atoms with van der Waals surface area (Å²) in [6.45, 7) is 3.92. The second-order valence-electron chi connectivity index (χ2n) is 6.61. The zero-order valence-electron chi connectivity index (χ0n) is 16.5. The Hall–Kier alpha value is -2.87. The number of piperazine rings is 1. The number of aliphatic imine (C=N–C) groups is 1. The van der Waals surface area contributed by atoms with Crippen molar-refractivity contribution < 1.29 is 4.79 Å². The molecule has 1 saturated heterocycles. The van der Waals surface area contributed by atoms with Gasteiger partial charge < -0.3 is 20.4 Å². The van der Waals surface area contributed by atoms with Crippen molar-refractivity contribution in [3.05, 3.63) is 53.3 Å². The molecule has 2 heterocycles. The maximum Gasteiger partial charge on any atom is 0.225 e. The third-order valence-corrected chi connectivity index (χ3v) is 5.10. The van der Waals surface area contributed by atoms with E-state index in [1.807, 2.05) is 29.2 Å². The van der Waals surface area contributed by atoms with E-state index < -0.39 is 0 Å². The van der Waals surface area contributed by atoms with Gasteiger partial charge in [0.1, 0.15) is 0 Å². The number of carbonyl (C=O) groups excluding carboxylic acids is 1. The van der Waals surface area contributed by atoms with E-state index in [9.17, 15) is 4.79 Å². The molecule has 1 aliphatic rings. The Balaban J connectivity index is 1.37. The van der Waals surface area contributed by atoms with Gasteiger partial charge in [-0.25, -0.2) is 9.97 Å². The number of rotatable bonds is 6. The largest absolute Gasteiger partial charge is 0.356 e. The van der Waals surface area contributed by atoms with Crippen LogP contribution in [0.4, 0.5) is 5.95 Å². The first-order valence-electron chi connectivity index (χ1n) is 9.65. The monoisotopic (exact) mass is 415 g/mol. The molecule has 0 atom stereocenters. The summed E-state index contributed by atoms with van der Waals surface area (Å²) in [5.41, 5.74) is 0.994. The van der Waals surface area contributed by atoms with Crippen LogP contribution in [0.3, 0.4) is 0 Å². The van der Waals surface area contributed by atoms with Gasteiger partial charge >= 0.3 is 0 Å². The Morgan fingerprint density at radius 3 is 2.52 bits per heavy atom. The number of hydrogen-bond acceptors (Lipinski definition) is 5. The average molecular weight is 416 g/mol. The second kappa shape index (κ2) is 10.6. The Morgan fingerprint density at radius 2 is 1.83 bits per heavy atom. The van der Waals surface area contributed by atoms with Crippen molar-refractivity contribution in [2.45, 2.75) is 13.0 Å². The van der Waals surface area contributed by atoms with Gasteiger partial charge in [0.2, 0.25) is 11.9 Å². The maximum atomic E-state index is 12.5. The molecule has 0 unspecified atom stereocenters. The molecule has 0 spiro atoms. The van der Waals surface area contributed by atoms with E-state index in [0.29, 0.717) is 43.6 Å². The molecule has 29 heavy (non-hydrogen) atoms. The van der Waals surface area contributed by atoms with Gasteiger partial charge in [-0.15, -0.1) is 0 Å². The highest BCUT2D eigenvalue weighted by molar-refractivity contribution is 6.31. The van der Waals surface area contributed by atoms with E-state index >= 15 is 0 Å². The van der Waals surface area contributed by atoms with Crippen molar-refractivity contribution in [1.29, 1.82) is 0 Å². The highest BCUT2D eigenvalue weighted by Crippen LogP contribution is 2.14. The third kappa shape index (κ3) is 6.05. The number of guanidine groups is 1. The fourth-order valence-electron chi connectivity index (χ4n) is 3.10. The molecule has 9 heteroatoms. The first-order valence-corrected chi connectivity index (χ1v) is 10.0. The van der Waals surface area contributed by atoms with E-state index in [0.717, 1.165) is 24.6 Å². The number of benzene rings is 1. The van der Waals surface area contributed by atoms with Gasteiger partial charge in [-0.05, 0) is 17.7 Å². The average Bonchev–Trinajstić information content (AvgIpc) is 2.77. The lowest BCUT2D eigenvalue weighted by atomic mass is 10.2. The normalized spacial score (nSPS) is 14.6. The van der Waals surface area contributed by atoms with E-state index in [-0.39, 0.29) is 5.91 Å². The van der Waals surface area contributed by atoms with Crippen LogP contribution in [0.25, 0.3) is 0 Å². The van der Waals surface area contributed by atoms with Gasteiger partial charge in [0.05, 0.1) is 0 Å². The van der Waals surface area contributed by atoms with Gasteiger partial charge in [0.15, 0.2) is 5.96 Å². The molecule has 8 nitrogen and oxygen atoms in total. The fourth-order valence-corrected chi connectivity index (χ4v) is 3.30. The molecule has 3 rings (SSSR count). The molecule has 2 N–H and O–H groups in total. The summed E-state index contributed by atoms with van der Waals surface area (Å²) in [4.78, 5) is 29.2. The summed E-state index contributed by atoms with van der Waals surface area (Å²) in [5, 5.41) is 7.11. The van der Waals surface area contributed by atoms with Crippen molar-refractivity contribution in [2.75, 3.05) is 44.7 Å². The van der Waals surface area contributed by atoms with E-state index in [2.05, 4.69) is 30.5 Å². The molecule has 1 amide bonds. The van der Waals surface area contributed by atoms with E-state index in [1.165, 1.54) is 0 Å². The van der Waals surface area contributed by atoms with Crippen LogP contribution in [0.1, 0.15) is 12.0 Å². The number of halogens is 1. The van der Waals surface area contributed by atoms with Gasteiger partial charge in [-0.1, -0.05) is 29.8 Å². The summed E-state index contributed by atoms with van der Waals surface area (Å²) in [5.74, 6) is 1.49. The fraction of sp³-hybridized carbons (Fsp3) is 0.400. The molecule has 2 aromatic rings. The quantitative estimate of drug-likeness (QED) is 0.549. The molecule has 0 saturated carbocycles. The Kier molecular flexibility index (Phi) is 7.63. The molecule has 154 valence electrons. The molecule has 0 radical (unpaired) electrons. The van der Waals surface area contributed by atoms with E-state index in [1.54, 1.807) is 25.5 Å². The van der Waals surface area contributed by atoms with Crippen molar-refractivity contribution in [1.82, 2.24) is 25.5 Å². The van der Waals surface area contributed by atoms with Crippen LogP contribution in [-0.2, 0) is 11.3 Å². The summed E-state index contributed by atoms with van der Waals surface area (Å²) in [6, 6.07) is 9.47. The summed E-state index contributed by atoms with van der Waals surface area (Å²) >= 11 is 6.17. The minimum atomic E-state index is 0.132. The summed E-state index contributed by atoms with van der Waals surface area (Å²) < 4.78 is 0. The second-order valence-corrected chi connectivity index (χ2v) is 7.02. The minimum Gasteiger partial charge on any atom is -0.356 e. The molecule has 1 aromatic heterocycles. The van der Waals surface area contributed by atoms with Crippen LogP contribution in [0, 0.1) is 0 Å². The minimum absolute atomic E-state index is 0.132. The number of hydrogen-bond donors (Lipinski definition) is 2. The topological polar surface area (TPSA) is 85.8 Å². The van der Waals surface area contributed by atoms with Gasteiger partial charge in [-0.2, -0.15) is 0 Å². The Bertz CT molecular complexity index is 823. The Labute approximate surface area is 176 Å². The van der Waals surface area contributed by atoms with Gasteiger partial charge in [0.25, 0.3) is 0 Å². The van der Waals surface area contributed by atoms with Gasteiger partial charge in [-0.3, -0.25) is 9.79 Å². The number of nitrogens with one attached hydrogen (secondary N) is 2. The maximum absolute atomic E-state index is 12.5. The van der Waals surface area contributed by atoms with Gasteiger partial charge in [0, 0.05) is 70.2 Å². The lowest BCUT2D eigenvalue weighted by Crippen LogP contribution is -2.50. The summed E-state index contributed by atoms with van der Waals surface area (Å²) in [7, 11) is 1.70. The number of amides is 1. The van der Waals surface area contributed by atoms with Crippen molar-refractivity contribution >= 4 is 29.4 Å². The SMILES string of the molecule is CN=C(NCCC(=O)N1CCN(c2ncccn2)CC1)NCc1ccccc1Cl. The van der Waals surface area contributed by atoms with E-state index in [4.69, 9.17) is 11.6 Å². The molecule has 1 fully saturated rings. The zero-order valence-corrected chi connectivity index (χ0v) is 17.3. The molecule has 1 aromatic carbocycles. The standard InChI is InChI=1S/C20H26ClN7O/c1-22-19(26-15-16-5-2-3-6-17(16)21)23-10-7-18(29)27-11-13-28(14-12-27)20-24-8-4-9-25-20/h2-6,8-9H,7,10-15H2,1H3,(H2,22,23,26). The predicted octanol–water partition coefficient (Wildman–Crippen LogP) is 1.53. The highest BCUT2D eigenvalue weighted by Gasteiger charge is 2.22. The molecular formula is C20H26ClN7O. The number of carbonyl (C=O) groups is 1. The van der Waals surface area contributed by atoms with Crippen LogP contribution in [0.2, 0.25) is 5.02 Å². The lowest BCUT2D eigenvalue weighted by Gasteiger charge is -2.34. The number of anilines is 1. The summed E-state index contributed by atoms with van der Waals surface area (Å²) in [6.07, 6.45) is 3.88. The molecular weight excluding hydrogens is 390 g/mol. The highest BCUT2D eigenvalue weighted by atomic mass is 35.5. The molecule has 0 aliphatic carbocycles. The molecule has 0 bridgehead atoms. The lowest BCUT2D eigenvalue weighted by molar-refractivity contribution is -0.131. The van der Waals surface area contributed by atoms with Crippen molar-refractivity contribution in [2.24, 2.45) is 4.99 Å². The van der Waals surface area contributed by atoms with Crippen LogP contribution in [-0.4, -0.2) is 66.5 Å². The van der Waals surface area contributed by atoms with Crippen molar-refractivity contribution in [3.8, 4) is 0 Å². The first kappa shape index (κ1) is 20.9. The van der Waals surface area contributed by atoms with Crippen molar-refractivity contribution in [3.63, 3.8) is 0 Å². The zero-order chi connectivity index (χ0) is 20.5. The van der Waals surface area contributed by atoms with Crippen LogP contribution < -0.4 is 15.5 Å². The number of aromatic nitrogens is 2. The third-order valence-electron chi connectivity index (χ3n) is 4.73. The Morgan fingerprint density at radius 1 is 1.10 bits per heavy atom. The smallest absolute Gasteiger partial charge is 0.225 e. The van der Waals surface area contributed by atoms with Crippen LogP contribution >= 0.6 is 11.6 Å². The van der Waals surface area contributed by atoms with Crippen LogP contribution in [0.15, 0.2) is 47.7 Å². The molecule has 1 aliphatic heterocycles. The number of nitrogens with zero attached hydrogens (tertiary/aromatic N) is 5. The van der Waals surface area contributed by atoms with Crippen LogP contribution in [0.5, 0.6) is 0 Å². The predicted molar refractivity (Wildman–Crippen MR) is 115 cm³/mol. The first-order chi connectivity index (χ1) is 14.2.